The topological polar surface area (TPSA) is 47.6 Å². The Labute approximate surface area is 174 Å². The number of ether oxygens (including phenoxy) is 1. The molecule has 1 atom stereocenters. The Morgan fingerprint density at radius 2 is 1.86 bits per heavy atom. The summed E-state index contributed by atoms with van der Waals surface area (Å²) in [6.07, 6.45) is 3.58. The van der Waals surface area contributed by atoms with Gasteiger partial charge in [-0.05, 0) is 50.6 Å². The summed E-state index contributed by atoms with van der Waals surface area (Å²) in [5, 5.41) is 0. The Bertz CT molecular complexity index is 779. The number of aromatic amines is 1. The van der Waals surface area contributed by atoms with Crippen molar-refractivity contribution in [3.63, 3.8) is 0 Å². The van der Waals surface area contributed by atoms with Gasteiger partial charge in [0.15, 0.2) is 0 Å². The summed E-state index contributed by atoms with van der Waals surface area (Å²) in [5.74, 6) is 2.04. The lowest BCUT2D eigenvalue weighted by Crippen LogP contribution is -2.55. The van der Waals surface area contributed by atoms with Crippen LogP contribution in [0.5, 0.6) is 5.75 Å². The normalized spacial score (nSPS) is 21.5. The maximum Gasteiger partial charge on any atom is 0.119 e. The third kappa shape index (κ3) is 4.75. The van der Waals surface area contributed by atoms with Crippen molar-refractivity contribution in [3.8, 4) is 5.75 Å². The lowest BCUT2D eigenvalue weighted by molar-refractivity contribution is 0.0880. The lowest BCUT2D eigenvalue weighted by Gasteiger charge is -2.44. The summed E-state index contributed by atoms with van der Waals surface area (Å²) in [6.45, 7) is 12.1. The highest BCUT2D eigenvalue weighted by Gasteiger charge is 2.28. The number of benzene rings is 1. The van der Waals surface area contributed by atoms with Crippen molar-refractivity contribution in [1.82, 2.24) is 19.8 Å². The van der Waals surface area contributed by atoms with Gasteiger partial charge in [0.25, 0.3) is 0 Å². The quantitative estimate of drug-likeness (QED) is 0.812. The van der Waals surface area contributed by atoms with Crippen LogP contribution >= 0.6 is 0 Å². The van der Waals surface area contributed by atoms with Crippen molar-refractivity contribution < 1.29 is 4.74 Å². The number of nitrogens with one attached hydrogen (secondary N) is 1. The van der Waals surface area contributed by atoms with Crippen molar-refractivity contribution >= 4 is 5.69 Å². The molecule has 6 heteroatoms. The number of methoxy groups -OCH3 is 1. The second-order valence-electron chi connectivity index (χ2n) is 8.36. The molecule has 6 nitrogen and oxygen atoms in total. The van der Waals surface area contributed by atoms with Crippen LogP contribution in [-0.2, 0) is 13.0 Å². The van der Waals surface area contributed by atoms with E-state index in [1.54, 1.807) is 7.11 Å². The summed E-state index contributed by atoms with van der Waals surface area (Å²) in [6, 6.07) is 9.14. The third-order valence-corrected chi connectivity index (χ3v) is 6.49. The Morgan fingerprint density at radius 1 is 1.10 bits per heavy atom. The van der Waals surface area contributed by atoms with Crippen molar-refractivity contribution in [2.75, 3.05) is 51.3 Å². The second kappa shape index (κ2) is 9.18. The van der Waals surface area contributed by atoms with Gasteiger partial charge in [-0.1, -0.05) is 6.92 Å². The van der Waals surface area contributed by atoms with Gasteiger partial charge < -0.3 is 14.6 Å². The highest BCUT2D eigenvalue weighted by Crippen LogP contribution is 2.24. The first kappa shape index (κ1) is 20.2. The fraction of sp³-hybridized carbons (Fsp3) is 0.609. The lowest BCUT2D eigenvalue weighted by atomic mass is 10.0. The first-order chi connectivity index (χ1) is 14.2. The van der Waals surface area contributed by atoms with E-state index in [0.717, 1.165) is 57.3 Å². The van der Waals surface area contributed by atoms with Gasteiger partial charge in [0.05, 0.1) is 12.8 Å². The minimum absolute atomic E-state index is 0.673. The molecule has 2 fully saturated rings. The van der Waals surface area contributed by atoms with E-state index < -0.39 is 0 Å². The monoisotopic (exact) mass is 397 g/mol. The number of hydrogen-bond acceptors (Lipinski definition) is 5. The Morgan fingerprint density at radius 3 is 2.52 bits per heavy atom. The number of piperidine rings is 1. The molecule has 0 bridgehead atoms. The molecule has 1 aromatic carbocycles. The predicted octanol–water partition coefficient (Wildman–Crippen LogP) is 3.08. The Kier molecular flexibility index (Phi) is 6.40. The second-order valence-corrected chi connectivity index (χ2v) is 8.36. The third-order valence-electron chi connectivity index (χ3n) is 6.49. The van der Waals surface area contributed by atoms with E-state index in [-0.39, 0.29) is 0 Å². The largest absolute Gasteiger partial charge is 0.497 e. The van der Waals surface area contributed by atoms with Gasteiger partial charge in [0.1, 0.15) is 11.6 Å². The minimum Gasteiger partial charge on any atom is -0.497 e. The molecule has 2 aliphatic rings. The number of rotatable bonds is 6. The molecule has 0 saturated carbocycles. The van der Waals surface area contributed by atoms with Crippen molar-refractivity contribution in [1.29, 1.82) is 0 Å². The van der Waals surface area contributed by atoms with E-state index in [2.05, 4.69) is 57.8 Å². The molecule has 4 rings (SSSR count). The highest BCUT2D eigenvalue weighted by molar-refractivity contribution is 5.49. The van der Waals surface area contributed by atoms with E-state index in [9.17, 15) is 0 Å². The van der Waals surface area contributed by atoms with Gasteiger partial charge in [-0.15, -0.1) is 0 Å². The van der Waals surface area contributed by atoms with E-state index in [4.69, 9.17) is 9.72 Å². The smallest absolute Gasteiger partial charge is 0.119 e. The molecule has 1 aromatic heterocycles. The average molecular weight is 398 g/mol. The molecule has 29 heavy (non-hydrogen) atoms. The number of aryl methyl sites for hydroxylation is 2. The molecule has 0 radical (unpaired) electrons. The van der Waals surface area contributed by atoms with E-state index in [1.165, 1.54) is 36.5 Å². The van der Waals surface area contributed by atoms with Crippen LogP contribution < -0.4 is 9.64 Å². The van der Waals surface area contributed by atoms with Crippen molar-refractivity contribution in [2.45, 2.75) is 45.7 Å². The Hall–Kier alpha value is -2.05. The van der Waals surface area contributed by atoms with Crippen LogP contribution in [0.15, 0.2) is 24.3 Å². The van der Waals surface area contributed by atoms with Gasteiger partial charge in [-0.2, -0.15) is 0 Å². The molecule has 3 heterocycles. The Balaban J connectivity index is 1.30. The van der Waals surface area contributed by atoms with Crippen LogP contribution in [0.4, 0.5) is 5.69 Å². The summed E-state index contributed by atoms with van der Waals surface area (Å²) in [7, 11) is 1.72. The number of aromatic nitrogens is 2. The molecule has 0 spiro atoms. The fourth-order valence-corrected chi connectivity index (χ4v) is 4.71. The number of nitrogens with zero attached hydrogens (tertiary/aromatic N) is 4. The zero-order chi connectivity index (χ0) is 20.2. The molecule has 0 amide bonds. The molecule has 2 aromatic rings. The first-order valence-corrected chi connectivity index (χ1v) is 11.1. The molecular formula is C23H35N5O. The van der Waals surface area contributed by atoms with Gasteiger partial charge in [-0.3, -0.25) is 9.80 Å². The van der Waals surface area contributed by atoms with E-state index in [0.29, 0.717) is 6.04 Å². The molecule has 0 aliphatic carbocycles. The van der Waals surface area contributed by atoms with Crippen LogP contribution in [0, 0.1) is 6.92 Å². The van der Waals surface area contributed by atoms with E-state index >= 15 is 0 Å². The van der Waals surface area contributed by atoms with E-state index in [1.807, 2.05) is 0 Å². The van der Waals surface area contributed by atoms with Gasteiger partial charge in [0.2, 0.25) is 0 Å². The van der Waals surface area contributed by atoms with Crippen LogP contribution in [0.2, 0.25) is 0 Å². The minimum atomic E-state index is 0.673. The molecule has 158 valence electrons. The number of likely N-dealkylation sites (tertiary alicyclic amines) is 1. The molecule has 2 aliphatic heterocycles. The predicted molar refractivity (Wildman–Crippen MR) is 118 cm³/mol. The number of anilines is 1. The number of piperazine rings is 1. The van der Waals surface area contributed by atoms with Crippen LogP contribution in [0.1, 0.15) is 37.0 Å². The average Bonchev–Trinajstić information content (AvgIpc) is 3.13. The van der Waals surface area contributed by atoms with Crippen molar-refractivity contribution in [3.05, 3.63) is 41.5 Å². The summed E-state index contributed by atoms with van der Waals surface area (Å²) in [5.41, 5.74) is 3.76. The fourth-order valence-electron chi connectivity index (χ4n) is 4.71. The van der Waals surface area contributed by atoms with Gasteiger partial charge >= 0.3 is 0 Å². The molecule has 2 saturated heterocycles. The van der Waals surface area contributed by atoms with Crippen molar-refractivity contribution in [2.24, 2.45) is 0 Å². The summed E-state index contributed by atoms with van der Waals surface area (Å²) >= 11 is 0. The van der Waals surface area contributed by atoms with Gasteiger partial charge in [-0.25, -0.2) is 4.98 Å². The molecular weight excluding hydrogens is 362 g/mol. The number of hydrogen-bond donors (Lipinski definition) is 1. The zero-order valence-corrected chi connectivity index (χ0v) is 18.2. The maximum absolute atomic E-state index is 5.28. The standard InChI is InChI=1S/C23H35N5O/c1-4-23-24-18(2)22(25-23)17-26-11-5-6-20(16-26)28-14-12-27(13-15-28)19-7-9-21(29-3)10-8-19/h7-10,20H,4-6,11-17H2,1-3H3,(H,24,25). The number of H-pyrrole nitrogens is 1. The summed E-state index contributed by atoms with van der Waals surface area (Å²) < 4.78 is 5.28. The molecule has 1 unspecified atom stereocenters. The van der Waals surface area contributed by atoms with Gasteiger partial charge in [0, 0.05) is 63.1 Å². The van der Waals surface area contributed by atoms with Crippen LogP contribution in [0.25, 0.3) is 0 Å². The summed E-state index contributed by atoms with van der Waals surface area (Å²) in [4.78, 5) is 16.0. The van der Waals surface area contributed by atoms with Crippen LogP contribution in [-0.4, -0.2) is 72.2 Å². The number of imidazole rings is 1. The zero-order valence-electron chi connectivity index (χ0n) is 18.2. The first-order valence-electron chi connectivity index (χ1n) is 11.1. The van der Waals surface area contributed by atoms with Crippen LogP contribution in [0.3, 0.4) is 0 Å². The molecule has 1 N–H and O–H groups in total. The maximum atomic E-state index is 5.28. The SMILES string of the molecule is CCc1nc(CN2CCCC(N3CCN(c4ccc(OC)cc4)CC3)C2)c(C)[nH]1. The highest BCUT2D eigenvalue weighted by atomic mass is 16.5.